The fraction of sp³-hybridized carbons (Fsp3) is 0.350. The van der Waals surface area contributed by atoms with E-state index in [0.717, 1.165) is 11.1 Å². The molecule has 0 bridgehead atoms. The van der Waals surface area contributed by atoms with E-state index in [9.17, 15) is 9.90 Å². The molecule has 2 aromatic rings. The van der Waals surface area contributed by atoms with Crippen LogP contribution in [0.3, 0.4) is 0 Å². The van der Waals surface area contributed by atoms with E-state index in [0.29, 0.717) is 43.2 Å². The molecule has 1 aliphatic heterocycles. The van der Waals surface area contributed by atoms with Crippen LogP contribution in [0.25, 0.3) is 0 Å². The Morgan fingerprint density at radius 2 is 2.08 bits per heavy atom. The Bertz CT molecular complexity index is 778. The average Bonchev–Trinajstić information content (AvgIpc) is 2.67. The molecule has 1 aliphatic rings. The Balaban J connectivity index is 1.88. The summed E-state index contributed by atoms with van der Waals surface area (Å²) in [4.78, 5) is 14.8. The molecule has 2 aromatic carbocycles. The predicted octanol–water partition coefficient (Wildman–Crippen LogP) is 2.11. The molecule has 0 aromatic heterocycles. The number of nitrogens with two attached hydrogens (primary N) is 1. The Kier molecular flexibility index (Phi) is 5.75. The maximum Gasteiger partial charge on any atom is 0.258 e. The second kappa shape index (κ2) is 8.21. The fourth-order valence-electron chi connectivity index (χ4n) is 3.16. The maximum absolute atomic E-state index is 13.1. The third-order valence-corrected chi connectivity index (χ3v) is 4.48. The summed E-state index contributed by atoms with van der Waals surface area (Å²) in [5.41, 5.74) is 7.78. The lowest BCUT2D eigenvalue weighted by Crippen LogP contribution is -2.38. The van der Waals surface area contributed by atoms with Gasteiger partial charge in [0, 0.05) is 6.54 Å². The number of hydrogen-bond acceptors (Lipinski definition) is 5. The minimum Gasteiger partial charge on any atom is -0.493 e. The molecule has 3 rings (SSSR count). The number of para-hydroxylation sites is 1. The zero-order valence-electron chi connectivity index (χ0n) is 14.9. The molecule has 138 valence electrons. The summed E-state index contributed by atoms with van der Waals surface area (Å²) < 4.78 is 11.1. The van der Waals surface area contributed by atoms with Crippen LogP contribution in [-0.4, -0.2) is 42.7 Å². The van der Waals surface area contributed by atoms with Gasteiger partial charge in [-0.1, -0.05) is 30.3 Å². The summed E-state index contributed by atoms with van der Waals surface area (Å²) in [5, 5.41) is 10.4. The average molecular weight is 356 g/mol. The van der Waals surface area contributed by atoms with Crippen LogP contribution in [0.15, 0.2) is 42.5 Å². The third kappa shape index (κ3) is 3.66. The van der Waals surface area contributed by atoms with Crippen molar-refractivity contribution in [2.75, 3.05) is 26.8 Å². The highest BCUT2D eigenvalue weighted by molar-refractivity contribution is 5.98. The van der Waals surface area contributed by atoms with E-state index in [2.05, 4.69) is 0 Å². The highest BCUT2D eigenvalue weighted by atomic mass is 16.5. The largest absolute Gasteiger partial charge is 0.493 e. The Labute approximate surface area is 153 Å². The van der Waals surface area contributed by atoms with Crippen molar-refractivity contribution < 1.29 is 19.4 Å². The molecule has 6 nitrogen and oxygen atoms in total. The number of ether oxygens (including phenoxy) is 2. The number of benzene rings is 2. The van der Waals surface area contributed by atoms with E-state index in [4.69, 9.17) is 15.2 Å². The summed E-state index contributed by atoms with van der Waals surface area (Å²) >= 11 is 0. The van der Waals surface area contributed by atoms with Gasteiger partial charge in [-0.3, -0.25) is 4.79 Å². The summed E-state index contributed by atoms with van der Waals surface area (Å²) in [7, 11) is 1.54. The molecule has 1 heterocycles. The number of rotatable bonds is 6. The van der Waals surface area contributed by atoms with Gasteiger partial charge in [-0.15, -0.1) is 0 Å². The predicted molar refractivity (Wildman–Crippen MR) is 98.3 cm³/mol. The Morgan fingerprint density at radius 1 is 1.27 bits per heavy atom. The molecule has 3 N–H and O–H groups in total. The second-order valence-electron chi connectivity index (χ2n) is 6.23. The van der Waals surface area contributed by atoms with Gasteiger partial charge in [-0.05, 0) is 36.2 Å². The van der Waals surface area contributed by atoms with Crippen LogP contribution in [-0.2, 0) is 6.54 Å². The number of carbonyl (C=O) groups is 1. The van der Waals surface area contributed by atoms with E-state index in [1.165, 1.54) is 0 Å². The number of hydrogen-bond donors (Lipinski definition) is 2. The van der Waals surface area contributed by atoms with E-state index >= 15 is 0 Å². The quantitative estimate of drug-likeness (QED) is 0.775. The molecule has 0 spiro atoms. The minimum atomic E-state index is -0.698. The molecule has 0 radical (unpaired) electrons. The van der Waals surface area contributed by atoms with Gasteiger partial charge in [0.05, 0.1) is 31.9 Å². The van der Waals surface area contributed by atoms with Crippen molar-refractivity contribution in [1.29, 1.82) is 0 Å². The molecule has 6 heteroatoms. The van der Waals surface area contributed by atoms with Gasteiger partial charge in [0.15, 0.2) is 11.5 Å². The Morgan fingerprint density at radius 3 is 2.85 bits per heavy atom. The van der Waals surface area contributed by atoms with E-state index in [-0.39, 0.29) is 12.5 Å². The topological polar surface area (TPSA) is 85.0 Å². The monoisotopic (exact) mass is 356 g/mol. The van der Waals surface area contributed by atoms with E-state index < -0.39 is 6.10 Å². The van der Waals surface area contributed by atoms with Crippen LogP contribution in [0.5, 0.6) is 11.5 Å². The van der Waals surface area contributed by atoms with Crippen molar-refractivity contribution in [3.63, 3.8) is 0 Å². The first-order chi connectivity index (χ1) is 12.7. The smallest absolute Gasteiger partial charge is 0.258 e. The third-order valence-electron chi connectivity index (χ3n) is 4.48. The molecular weight excluding hydrogens is 332 g/mol. The van der Waals surface area contributed by atoms with Crippen LogP contribution >= 0.6 is 0 Å². The number of amides is 1. The van der Waals surface area contributed by atoms with Crippen molar-refractivity contribution >= 4 is 5.91 Å². The normalized spacial score (nSPS) is 16.1. The highest BCUT2D eigenvalue weighted by Gasteiger charge is 2.29. The van der Waals surface area contributed by atoms with Crippen molar-refractivity contribution in [3.05, 3.63) is 59.2 Å². The number of methoxy groups -OCH3 is 1. The van der Waals surface area contributed by atoms with Crippen LogP contribution in [0, 0.1) is 0 Å². The van der Waals surface area contributed by atoms with Crippen LogP contribution in [0.1, 0.15) is 34.0 Å². The van der Waals surface area contributed by atoms with Gasteiger partial charge in [-0.25, -0.2) is 0 Å². The maximum atomic E-state index is 13.1. The molecule has 26 heavy (non-hydrogen) atoms. The fourth-order valence-corrected chi connectivity index (χ4v) is 3.16. The van der Waals surface area contributed by atoms with Crippen molar-refractivity contribution in [2.45, 2.75) is 19.1 Å². The van der Waals surface area contributed by atoms with Gasteiger partial charge in [0.2, 0.25) is 0 Å². The summed E-state index contributed by atoms with van der Waals surface area (Å²) in [6.07, 6.45) is -0.0160. The summed E-state index contributed by atoms with van der Waals surface area (Å²) in [6.45, 7) is 1.61. The summed E-state index contributed by atoms with van der Waals surface area (Å²) in [6, 6.07) is 12.9. The number of β-amino-alcohol motifs (C(OH)–C–C–N with tert-alkyl or cyclic N) is 1. The number of carbonyl (C=O) groups excluding carboxylic acids is 1. The number of aliphatic hydroxyl groups is 1. The number of fused-ring (bicyclic) bond motifs is 1. The lowest BCUT2D eigenvalue weighted by molar-refractivity contribution is 0.0545. The minimum absolute atomic E-state index is 0.194. The molecule has 1 amide bonds. The van der Waals surface area contributed by atoms with Gasteiger partial charge in [0.25, 0.3) is 5.91 Å². The SMILES string of the molecule is COc1cccc(C(=O)N2Cc3ccccc3[C@H](O)C2)c1OCCCN. The zero-order valence-corrected chi connectivity index (χ0v) is 14.9. The molecule has 0 aliphatic carbocycles. The molecule has 0 saturated heterocycles. The highest BCUT2D eigenvalue weighted by Crippen LogP contribution is 2.34. The van der Waals surface area contributed by atoms with Crippen molar-refractivity contribution in [3.8, 4) is 11.5 Å². The van der Waals surface area contributed by atoms with E-state index in [1.54, 1.807) is 30.2 Å². The number of nitrogens with zero attached hydrogens (tertiary/aromatic N) is 1. The lowest BCUT2D eigenvalue weighted by atomic mass is 9.97. The van der Waals surface area contributed by atoms with Crippen molar-refractivity contribution in [1.82, 2.24) is 4.90 Å². The molecule has 1 atom stereocenters. The first-order valence-corrected chi connectivity index (χ1v) is 8.70. The Hall–Kier alpha value is -2.57. The van der Waals surface area contributed by atoms with Crippen LogP contribution in [0.2, 0.25) is 0 Å². The summed E-state index contributed by atoms with van der Waals surface area (Å²) in [5.74, 6) is 0.729. The second-order valence-corrected chi connectivity index (χ2v) is 6.23. The van der Waals surface area contributed by atoms with Crippen LogP contribution in [0.4, 0.5) is 0 Å². The molecule has 0 fully saturated rings. The first-order valence-electron chi connectivity index (χ1n) is 8.70. The number of aliphatic hydroxyl groups excluding tert-OH is 1. The molecule has 0 unspecified atom stereocenters. The molecular formula is C20H24N2O4. The standard InChI is InChI=1S/C20H24N2O4/c1-25-18-9-4-8-16(19(18)26-11-5-10-21)20(24)22-12-14-6-2-3-7-15(14)17(23)13-22/h2-4,6-9,17,23H,5,10-13,21H2,1H3/t17-/m1/s1. The van der Waals surface area contributed by atoms with Gasteiger partial charge >= 0.3 is 0 Å². The van der Waals surface area contributed by atoms with Crippen LogP contribution < -0.4 is 15.2 Å². The van der Waals surface area contributed by atoms with Crippen molar-refractivity contribution in [2.24, 2.45) is 5.73 Å². The molecule has 0 saturated carbocycles. The van der Waals surface area contributed by atoms with Gasteiger partial charge < -0.3 is 25.2 Å². The zero-order chi connectivity index (χ0) is 18.5. The lowest BCUT2D eigenvalue weighted by Gasteiger charge is -2.32. The van der Waals surface area contributed by atoms with Gasteiger partial charge in [-0.2, -0.15) is 0 Å². The first kappa shape index (κ1) is 18.2. The van der Waals surface area contributed by atoms with E-state index in [1.807, 2.05) is 24.3 Å². The van der Waals surface area contributed by atoms with Gasteiger partial charge in [0.1, 0.15) is 0 Å².